The number of aryl methyl sites for hydroxylation is 2. The molecule has 5 nitrogen and oxygen atoms in total. The highest BCUT2D eigenvalue weighted by Gasteiger charge is 2.47. The van der Waals surface area contributed by atoms with E-state index in [4.69, 9.17) is 11.2 Å². The monoisotopic (exact) mass is 419 g/mol. The van der Waals surface area contributed by atoms with E-state index in [1.54, 1.807) is 11.8 Å². The van der Waals surface area contributed by atoms with Crippen LogP contribution in [0.1, 0.15) is 60.8 Å². The fraction of sp³-hybridized carbons (Fsp3) is 0.500. The van der Waals surface area contributed by atoms with Gasteiger partial charge in [-0.3, -0.25) is 14.4 Å². The fourth-order valence-corrected chi connectivity index (χ4v) is 5.03. The molecule has 5 heteroatoms. The second-order valence-electron chi connectivity index (χ2n) is 8.70. The van der Waals surface area contributed by atoms with E-state index in [1.807, 2.05) is 26.0 Å². The zero-order chi connectivity index (χ0) is 22.6. The van der Waals surface area contributed by atoms with Gasteiger partial charge < -0.3 is 9.64 Å². The Morgan fingerprint density at radius 1 is 1.16 bits per heavy atom. The average Bonchev–Trinajstić information content (AvgIpc) is 2.70. The van der Waals surface area contributed by atoms with Crippen molar-refractivity contribution in [3.05, 3.63) is 34.4 Å². The van der Waals surface area contributed by atoms with Gasteiger partial charge in [0.2, 0.25) is 5.91 Å². The van der Waals surface area contributed by atoms with E-state index in [0.29, 0.717) is 38.8 Å². The summed E-state index contributed by atoms with van der Waals surface area (Å²) in [5, 5.41) is 0. The van der Waals surface area contributed by atoms with Crippen LogP contribution in [0.5, 0.6) is 0 Å². The highest BCUT2D eigenvalue weighted by Crippen LogP contribution is 2.46. The number of carbonyl (C=O) groups is 3. The first-order valence-corrected chi connectivity index (χ1v) is 10.7. The van der Waals surface area contributed by atoms with E-state index in [-0.39, 0.29) is 36.1 Å². The van der Waals surface area contributed by atoms with Crippen LogP contribution in [0.4, 0.5) is 0 Å². The molecule has 1 amide bonds. The lowest BCUT2D eigenvalue weighted by atomic mass is 9.62. The number of rotatable bonds is 4. The molecule has 1 saturated carbocycles. The first-order chi connectivity index (χ1) is 14.8. The maximum Gasteiger partial charge on any atom is 0.248 e. The second kappa shape index (κ2) is 9.50. The summed E-state index contributed by atoms with van der Waals surface area (Å²) in [6, 6.07) is 3.91. The van der Waals surface area contributed by atoms with Crippen LogP contribution in [0.2, 0.25) is 0 Å². The summed E-state index contributed by atoms with van der Waals surface area (Å²) in [5.41, 5.74) is 3.28. The molecule has 162 valence electrons. The Labute approximate surface area is 184 Å². The Kier molecular flexibility index (Phi) is 6.98. The number of hydrogen-bond donors (Lipinski definition) is 0. The van der Waals surface area contributed by atoms with Gasteiger partial charge >= 0.3 is 0 Å². The number of benzene rings is 1. The lowest BCUT2D eigenvalue weighted by Crippen LogP contribution is -2.49. The van der Waals surface area contributed by atoms with E-state index in [9.17, 15) is 14.4 Å². The third-order valence-electron chi connectivity index (χ3n) is 6.48. The molecule has 1 aromatic rings. The van der Waals surface area contributed by atoms with E-state index < -0.39 is 5.92 Å². The molecule has 1 aromatic carbocycles. The van der Waals surface area contributed by atoms with E-state index in [0.717, 1.165) is 22.3 Å². The van der Waals surface area contributed by atoms with Crippen LogP contribution >= 0.6 is 0 Å². The molecule has 31 heavy (non-hydrogen) atoms. The van der Waals surface area contributed by atoms with Gasteiger partial charge in [-0.15, -0.1) is 12.3 Å². The van der Waals surface area contributed by atoms with Crippen LogP contribution < -0.4 is 0 Å². The number of likely N-dealkylation sites (tertiary alicyclic amines) is 1. The third kappa shape index (κ3) is 4.89. The number of amides is 1. The van der Waals surface area contributed by atoms with Crippen LogP contribution in [0.3, 0.4) is 0 Å². The molecule has 0 aromatic heterocycles. The number of carbonyl (C=O) groups excluding carboxylic acids is 3. The van der Waals surface area contributed by atoms with Gasteiger partial charge in [-0.25, -0.2) is 0 Å². The van der Waals surface area contributed by atoms with Gasteiger partial charge in [0.25, 0.3) is 0 Å². The van der Waals surface area contributed by atoms with E-state index in [1.165, 1.54) is 0 Å². The maximum absolute atomic E-state index is 13.2. The zero-order valence-electron chi connectivity index (χ0n) is 18.5. The molecule has 0 N–H and O–H groups in total. The Hall–Kier alpha value is -2.89. The summed E-state index contributed by atoms with van der Waals surface area (Å²) in [4.78, 5) is 40.4. The van der Waals surface area contributed by atoms with Gasteiger partial charge in [-0.1, -0.05) is 11.8 Å². The minimum absolute atomic E-state index is 0.00564. The molecule has 1 aliphatic heterocycles. The topological polar surface area (TPSA) is 63.7 Å². The highest BCUT2D eigenvalue weighted by molar-refractivity contribution is 6.10. The molecule has 0 atom stereocenters. The SMILES string of the molecule is C#CCOCC(=O)N1CCC2(CC1)CC(=O)C(c1c(C)cc(C#CC)cc1C)C(=O)C2. The minimum Gasteiger partial charge on any atom is -0.359 e. The first-order valence-electron chi connectivity index (χ1n) is 10.7. The summed E-state index contributed by atoms with van der Waals surface area (Å²) in [5.74, 6) is 7.48. The zero-order valence-corrected chi connectivity index (χ0v) is 18.5. The summed E-state index contributed by atoms with van der Waals surface area (Å²) >= 11 is 0. The molecule has 1 aliphatic carbocycles. The van der Waals surface area contributed by atoms with Crippen molar-refractivity contribution in [2.24, 2.45) is 5.41 Å². The molecule has 1 spiro atoms. The highest BCUT2D eigenvalue weighted by atomic mass is 16.5. The predicted octanol–water partition coefficient (Wildman–Crippen LogP) is 2.95. The largest absolute Gasteiger partial charge is 0.359 e. The summed E-state index contributed by atoms with van der Waals surface area (Å²) in [6.45, 7) is 6.82. The molecule has 1 heterocycles. The van der Waals surface area contributed by atoms with Crippen molar-refractivity contribution in [1.29, 1.82) is 0 Å². The van der Waals surface area contributed by atoms with E-state index in [2.05, 4.69) is 17.8 Å². The molecule has 0 radical (unpaired) electrons. The number of Topliss-reactive ketones (excluding diaryl/α,β-unsaturated/α-hetero) is 2. The van der Waals surface area contributed by atoms with Crippen molar-refractivity contribution in [2.45, 2.75) is 52.4 Å². The Bertz CT molecular complexity index is 953. The molecule has 0 unspecified atom stereocenters. The number of nitrogens with zero attached hydrogens (tertiary/aromatic N) is 1. The lowest BCUT2D eigenvalue weighted by molar-refractivity contribution is -0.142. The van der Waals surface area contributed by atoms with Gasteiger partial charge in [-0.2, -0.15) is 0 Å². The summed E-state index contributed by atoms with van der Waals surface area (Å²) in [6.07, 6.45) is 7.21. The van der Waals surface area contributed by atoms with Crippen molar-refractivity contribution in [2.75, 3.05) is 26.3 Å². The van der Waals surface area contributed by atoms with Crippen molar-refractivity contribution in [1.82, 2.24) is 4.90 Å². The first kappa shape index (κ1) is 22.8. The normalized spacial score (nSPS) is 18.5. The molecule has 1 saturated heterocycles. The van der Waals surface area contributed by atoms with Crippen molar-refractivity contribution in [3.8, 4) is 24.2 Å². The number of ketones is 2. The second-order valence-corrected chi connectivity index (χ2v) is 8.70. The molecular formula is C26H29NO4. The van der Waals surface area contributed by atoms with Crippen LogP contribution in [0.25, 0.3) is 0 Å². The maximum atomic E-state index is 13.2. The van der Waals surface area contributed by atoms with Gasteiger partial charge in [0.05, 0.1) is 0 Å². The van der Waals surface area contributed by atoms with E-state index >= 15 is 0 Å². The van der Waals surface area contributed by atoms with Gasteiger partial charge in [0.15, 0.2) is 0 Å². The van der Waals surface area contributed by atoms with Crippen molar-refractivity contribution in [3.63, 3.8) is 0 Å². The van der Waals surface area contributed by atoms with Gasteiger partial charge in [-0.05, 0) is 67.9 Å². The third-order valence-corrected chi connectivity index (χ3v) is 6.48. The number of piperidine rings is 1. The molecule has 2 aliphatic rings. The van der Waals surface area contributed by atoms with Crippen LogP contribution in [0, 0.1) is 43.4 Å². The summed E-state index contributed by atoms with van der Waals surface area (Å²) < 4.78 is 5.13. The summed E-state index contributed by atoms with van der Waals surface area (Å²) in [7, 11) is 0. The lowest BCUT2D eigenvalue weighted by Gasteiger charge is -2.44. The smallest absolute Gasteiger partial charge is 0.248 e. The quantitative estimate of drug-likeness (QED) is 0.428. The number of ether oxygens (including phenoxy) is 1. The Morgan fingerprint density at radius 3 is 2.26 bits per heavy atom. The molecular weight excluding hydrogens is 390 g/mol. The van der Waals surface area contributed by atoms with Crippen LogP contribution in [0.15, 0.2) is 12.1 Å². The van der Waals surface area contributed by atoms with Crippen molar-refractivity contribution >= 4 is 17.5 Å². The predicted molar refractivity (Wildman–Crippen MR) is 118 cm³/mol. The molecule has 0 bridgehead atoms. The standard InChI is InChI=1S/C26H29NO4/c1-5-7-20-13-18(3)24(19(4)14-20)25-21(28)15-26(16-22(25)29)8-10-27(11-9-26)23(30)17-31-12-6-2/h2,13-14,25H,8-12,15-17H2,1,3-4H3. The number of hydrogen-bond acceptors (Lipinski definition) is 4. The molecule has 2 fully saturated rings. The Balaban J connectivity index is 1.71. The van der Waals surface area contributed by atoms with Gasteiger partial charge in [0, 0.05) is 31.5 Å². The fourth-order valence-electron chi connectivity index (χ4n) is 5.03. The van der Waals surface area contributed by atoms with Gasteiger partial charge in [0.1, 0.15) is 30.7 Å². The van der Waals surface area contributed by atoms with Crippen LogP contribution in [-0.2, 0) is 19.1 Å². The average molecular weight is 420 g/mol. The Morgan fingerprint density at radius 2 is 1.74 bits per heavy atom. The molecule has 3 rings (SSSR count). The van der Waals surface area contributed by atoms with Crippen molar-refractivity contribution < 1.29 is 19.1 Å². The van der Waals surface area contributed by atoms with Crippen LogP contribution in [-0.4, -0.2) is 48.7 Å². The minimum atomic E-state index is -0.689. The number of terminal acetylenes is 1.